The Balaban J connectivity index is 1.86. The second kappa shape index (κ2) is 6.32. The summed E-state index contributed by atoms with van der Waals surface area (Å²) in [6.45, 7) is 2.40. The summed E-state index contributed by atoms with van der Waals surface area (Å²) in [6.07, 6.45) is 4.06. The Morgan fingerprint density at radius 3 is 3.05 bits per heavy atom. The average molecular weight is 360 g/mol. The first kappa shape index (κ1) is 14.8. The zero-order valence-electron chi connectivity index (χ0n) is 11.4. The van der Waals surface area contributed by atoms with Crippen molar-refractivity contribution in [2.75, 3.05) is 19.7 Å². The van der Waals surface area contributed by atoms with E-state index in [4.69, 9.17) is 22.1 Å². The van der Waals surface area contributed by atoms with Crippen molar-refractivity contribution in [1.29, 1.82) is 0 Å². The molecule has 3 nitrogen and oxygen atoms in total. The number of morpholine rings is 1. The fourth-order valence-electron chi connectivity index (χ4n) is 3.53. The van der Waals surface area contributed by atoms with Crippen LogP contribution in [0.3, 0.4) is 0 Å². The Morgan fingerprint density at radius 1 is 1.45 bits per heavy atom. The maximum Gasteiger partial charge on any atom is 0.0731 e. The van der Waals surface area contributed by atoms with Gasteiger partial charge >= 0.3 is 0 Å². The topological polar surface area (TPSA) is 38.5 Å². The monoisotopic (exact) mass is 358 g/mol. The van der Waals surface area contributed by atoms with Gasteiger partial charge in [0.25, 0.3) is 0 Å². The van der Waals surface area contributed by atoms with Crippen LogP contribution < -0.4 is 5.73 Å². The first-order valence-corrected chi connectivity index (χ1v) is 8.40. The lowest BCUT2D eigenvalue weighted by Gasteiger charge is -2.42. The van der Waals surface area contributed by atoms with E-state index in [9.17, 15) is 0 Å². The third kappa shape index (κ3) is 2.77. The highest BCUT2D eigenvalue weighted by Crippen LogP contribution is 2.36. The standard InChI is InChI=1S/C15H20BrClN2O/c16-11-8-10(4-5-12(11)17)14(9-18)19-6-7-20-15-3-1-2-13(15)19/h4-5,8,13-15H,1-3,6-7,9,18H2. The number of nitrogens with two attached hydrogens (primary N) is 1. The summed E-state index contributed by atoms with van der Waals surface area (Å²) in [5.41, 5.74) is 7.31. The normalized spacial score (nSPS) is 28.4. The SMILES string of the molecule is NCC(c1ccc(Cl)c(Br)c1)N1CCOC2CCCC21. The predicted octanol–water partition coefficient (Wildman–Crippen LogP) is 3.36. The van der Waals surface area contributed by atoms with Crippen LogP contribution in [0.15, 0.2) is 22.7 Å². The van der Waals surface area contributed by atoms with Gasteiger partial charge in [-0.2, -0.15) is 0 Å². The zero-order valence-corrected chi connectivity index (χ0v) is 13.7. The van der Waals surface area contributed by atoms with Crippen LogP contribution in [0.2, 0.25) is 5.02 Å². The molecule has 2 aliphatic rings. The fourth-order valence-corrected chi connectivity index (χ4v) is 4.04. The minimum atomic E-state index is 0.248. The van der Waals surface area contributed by atoms with Crippen LogP contribution in [0, 0.1) is 0 Å². The molecule has 110 valence electrons. The molecule has 1 saturated carbocycles. The zero-order chi connectivity index (χ0) is 14.1. The van der Waals surface area contributed by atoms with Gasteiger partial charge in [0, 0.05) is 29.6 Å². The molecule has 0 bridgehead atoms. The van der Waals surface area contributed by atoms with E-state index in [0.29, 0.717) is 18.7 Å². The van der Waals surface area contributed by atoms with Crippen molar-refractivity contribution in [3.8, 4) is 0 Å². The van der Waals surface area contributed by atoms with Crippen LogP contribution in [0.4, 0.5) is 0 Å². The van der Waals surface area contributed by atoms with E-state index < -0.39 is 0 Å². The number of rotatable bonds is 3. The Kier molecular flexibility index (Phi) is 4.68. The Morgan fingerprint density at radius 2 is 2.30 bits per heavy atom. The lowest BCUT2D eigenvalue weighted by molar-refractivity contribution is -0.0711. The minimum Gasteiger partial charge on any atom is -0.375 e. The lowest BCUT2D eigenvalue weighted by atomic mass is 10.0. The van der Waals surface area contributed by atoms with Gasteiger partial charge in [0.2, 0.25) is 0 Å². The van der Waals surface area contributed by atoms with Crippen molar-refractivity contribution in [2.24, 2.45) is 5.73 Å². The summed E-state index contributed by atoms with van der Waals surface area (Å²) in [4.78, 5) is 2.54. The van der Waals surface area contributed by atoms with Gasteiger partial charge in [-0.25, -0.2) is 0 Å². The van der Waals surface area contributed by atoms with Gasteiger partial charge in [-0.1, -0.05) is 17.7 Å². The van der Waals surface area contributed by atoms with Crippen LogP contribution >= 0.6 is 27.5 Å². The van der Waals surface area contributed by atoms with E-state index >= 15 is 0 Å². The molecule has 1 aromatic rings. The second-order valence-corrected chi connectivity index (χ2v) is 6.83. The summed E-state index contributed by atoms with van der Waals surface area (Å²) in [5.74, 6) is 0. The van der Waals surface area contributed by atoms with Crippen LogP contribution in [0.1, 0.15) is 30.9 Å². The van der Waals surface area contributed by atoms with E-state index in [0.717, 1.165) is 22.6 Å². The summed E-state index contributed by atoms with van der Waals surface area (Å²) in [6, 6.07) is 6.89. The smallest absolute Gasteiger partial charge is 0.0731 e. The quantitative estimate of drug-likeness (QED) is 0.899. The summed E-state index contributed by atoms with van der Waals surface area (Å²) >= 11 is 9.60. The summed E-state index contributed by atoms with van der Waals surface area (Å²) in [7, 11) is 0. The Labute approximate surface area is 133 Å². The molecule has 1 aromatic carbocycles. The Hall–Kier alpha value is -0.130. The molecule has 3 rings (SSSR count). The van der Waals surface area contributed by atoms with Gasteiger partial charge in [-0.3, -0.25) is 4.90 Å². The molecule has 0 spiro atoms. The van der Waals surface area contributed by atoms with Gasteiger partial charge in [-0.05, 0) is 52.9 Å². The van der Waals surface area contributed by atoms with Gasteiger partial charge in [0.05, 0.1) is 17.7 Å². The highest BCUT2D eigenvalue weighted by molar-refractivity contribution is 9.10. The van der Waals surface area contributed by atoms with Crippen LogP contribution in [0.25, 0.3) is 0 Å². The van der Waals surface area contributed by atoms with Crippen molar-refractivity contribution in [3.63, 3.8) is 0 Å². The molecule has 3 unspecified atom stereocenters. The number of benzene rings is 1. The minimum absolute atomic E-state index is 0.248. The molecular weight excluding hydrogens is 340 g/mol. The van der Waals surface area contributed by atoms with Gasteiger partial charge < -0.3 is 10.5 Å². The number of halogens is 2. The van der Waals surface area contributed by atoms with Gasteiger partial charge in [-0.15, -0.1) is 0 Å². The van der Waals surface area contributed by atoms with E-state index in [-0.39, 0.29) is 6.04 Å². The van der Waals surface area contributed by atoms with Crippen molar-refractivity contribution < 1.29 is 4.74 Å². The van der Waals surface area contributed by atoms with Crippen molar-refractivity contribution >= 4 is 27.5 Å². The van der Waals surface area contributed by atoms with Crippen molar-refractivity contribution in [2.45, 2.75) is 37.5 Å². The van der Waals surface area contributed by atoms with Gasteiger partial charge in [0.15, 0.2) is 0 Å². The van der Waals surface area contributed by atoms with Crippen LogP contribution in [0.5, 0.6) is 0 Å². The van der Waals surface area contributed by atoms with E-state index in [1.807, 2.05) is 6.07 Å². The Bertz CT molecular complexity index is 485. The number of ether oxygens (including phenoxy) is 1. The van der Waals surface area contributed by atoms with E-state index in [2.05, 4.69) is 33.0 Å². The molecule has 0 amide bonds. The van der Waals surface area contributed by atoms with Crippen LogP contribution in [-0.4, -0.2) is 36.7 Å². The lowest BCUT2D eigenvalue weighted by Crippen LogP contribution is -2.51. The number of fused-ring (bicyclic) bond motifs is 1. The molecule has 0 radical (unpaired) electrons. The molecule has 1 heterocycles. The molecule has 5 heteroatoms. The van der Waals surface area contributed by atoms with E-state index in [1.165, 1.54) is 24.8 Å². The molecule has 2 N–H and O–H groups in total. The van der Waals surface area contributed by atoms with Crippen molar-refractivity contribution in [3.05, 3.63) is 33.3 Å². The highest BCUT2D eigenvalue weighted by atomic mass is 79.9. The first-order chi connectivity index (χ1) is 9.70. The number of hydrogen-bond donors (Lipinski definition) is 1. The molecule has 0 aromatic heterocycles. The molecule has 1 aliphatic carbocycles. The third-order valence-electron chi connectivity index (χ3n) is 4.48. The van der Waals surface area contributed by atoms with Gasteiger partial charge in [0.1, 0.15) is 0 Å². The third-order valence-corrected chi connectivity index (χ3v) is 5.69. The molecule has 20 heavy (non-hydrogen) atoms. The van der Waals surface area contributed by atoms with E-state index in [1.54, 1.807) is 0 Å². The number of hydrogen-bond acceptors (Lipinski definition) is 3. The maximum absolute atomic E-state index is 6.09. The fraction of sp³-hybridized carbons (Fsp3) is 0.600. The molecule has 2 fully saturated rings. The molecular formula is C15H20BrClN2O. The predicted molar refractivity (Wildman–Crippen MR) is 85.0 cm³/mol. The molecule has 1 aliphatic heterocycles. The van der Waals surface area contributed by atoms with Crippen LogP contribution in [-0.2, 0) is 4.74 Å². The maximum atomic E-state index is 6.09. The summed E-state index contributed by atoms with van der Waals surface area (Å²) in [5, 5.41) is 0.741. The second-order valence-electron chi connectivity index (χ2n) is 5.57. The molecule has 1 saturated heterocycles. The highest BCUT2D eigenvalue weighted by Gasteiger charge is 2.39. The first-order valence-electron chi connectivity index (χ1n) is 7.23. The van der Waals surface area contributed by atoms with Crippen molar-refractivity contribution in [1.82, 2.24) is 4.90 Å². The average Bonchev–Trinajstić information content (AvgIpc) is 2.93. The number of nitrogens with zero attached hydrogens (tertiary/aromatic N) is 1. The summed E-state index contributed by atoms with van der Waals surface area (Å²) < 4.78 is 6.83. The molecule has 3 atom stereocenters. The largest absolute Gasteiger partial charge is 0.375 e.